The van der Waals surface area contributed by atoms with Gasteiger partial charge in [0, 0.05) is 19.6 Å². The highest BCUT2D eigenvalue weighted by Crippen LogP contribution is 2.31. The second-order valence-corrected chi connectivity index (χ2v) is 6.20. The molecule has 1 aromatic rings. The van der Waals surface area contributed by atoms with Crippen molar-refractivity contribution >= 4 is 15.7 Å². The second-order valence-electron chi connectivity index (χ2n) is 4.18. The van der Waals surface area contributed by atoms with E-state index in [0.717, 1.165) is 16.4 Å². The Kier molecular flexibility index (Phi) is 3.73. The smallest absolute Gasteiger partial charge is 0.314 e. The lowest BCUT2D eigenvalue weighted by Crippen LogP contribution is -2.33. The summed E-state index contributed by atoms with van der Waals surface area (Å²) in [5.74, 6) is -0.0615. The molecular weight excluding hydrogens is 281 g/mol. The van der Waals surface area contributed by atoms with Gasteiger partial charge in [-0.2, -0.15) is 13.2 Å². The Hall–Kier alpha value is -1.28. The lowest BCUT2D eigenvalue weighted by atomic mass is 10.2. The molecule has 0 saturated carbocycles. The fourth-order valence-corrected chi connectivity index (χ4v) is 3.30. The molecule has 1 saturated heterocycles. The number of alkyl halides is 3. The minimum Gasteiger partial charge on any atom is -0.314 e. The fourth-order valence-electron chi connectivity index (χ4n) is 1.86. The Morgan fingerprint density at radius 2 is 1.74 bits per heavy atom. The Bertz CT molecular complexity index is 540. The Balaban J connectivity index is 2.31. The first-order valence-corrected chi connectivity index (χ1v) is 7.30. The van der Waals surface area contributed by atoms with E-state index in [1.807, 2.05) is 0 Å². The van der Waals surface area contributed by atoms with Gasteiger partial charge in [0.1, 0.15) is 0 Å². The van der Waals surface area contributed by atoms with E-state index < -0.39 is 21.8 Å². The molecule has 0 bridgehead atoms. The summed E-state index contributed by atoms with van der Waals surface area (Å²) < 4.78 is 62.4. The van der Waals surface area contributed by atoms with E-state index in [0.29, 0.717) is 13.1 Å². The number of benzene rings is 1. The quantitative estimate of drug-likeness (QED) is 0.853. The monoisotopic (exact) mass is 294 g/mol. The SMILES string of the molecule is O=S1(=O)CCNCCN1c1ccc(C(F)(F)F)cc1. The van der Waals surface area contributed by atoms with Gasteiger partial charge >= 0.3 is 6.18 Å². The van der Waals surface area contributed by atoms with Crippen molar-refractivity contribution in [1.82, 2.24) is 5.32 Å². The molecule has 2 rings (SSSR count). The number of nitrogens with zero attached hydrogens (tertiary/aromatic N) is 1. The van der Waals surface area contributed by atoms with Crippen molar-refractivity contribution in [2.24, 2.45) is 0 Å². The predicted octanol–water partition coefficient (Wildman–Crippen LogP) is 1.44. The third kappa shape index (κ3) is 3.19. The molecule has 106 valence electrons. The minimum absolute atomic E-state index is 0.0615. The molecule has 1 N–H and O–H groups in total. The topological polar surface area (TPSA) is 49.4 Å². The van der Waals surface area contributed by atoms with Crippen molar-refractivity contribution in [2.75, 3.05) is 29.7 Å². The van der Waals surface area contributed by atoms with Crippen molar-refractivity contribution in [2.45, 2.75) is 6.18 Å². The van der Waals surface area contributed by atoms with E-state index in [2.05, 4.69) is 5.32 Å². The van der Waals surface area contributed by atoms with E-state index in [-0.39, 0.29) is 18.0 Å². The van der Waals surface area contributed by atoms with Crippen molar-refractivity contribution in [3.8, 4) is 0 Å². The Labute approximate surface area is 109 Å². The van der Waals surface area contributed by atoms with Crippen molar-refractivity contribution < 1.29 is 21.6 Å². The zero-order valence-electron chi connectivity index (χ0n) is 9.94. The molecule has 0 atom stereocenters. The van der Waals surface area contributed by atoms with E-state index >= 15 is 0 Å². The van der Waals surface area contributed by atoms with Gasteiger partial charge in [-0.3, -0.25) is 4.31 Å². The van der Waals surface area contributed by atoms with Crippen LogP contribution < -0.4 is 9.62 Å². The van der Waals surface area contributed by atoms with Crippen LogP contribution in [0.25, 0.3) is 0 Å². The molecule has 0 unspecified atom stereocenters. The number of halogens is 3. The van der Waals surface area contributed by atoms with Gasteiger partial charge in [-0.25, -0.2) is 8.42 Å². The number of hydrogen-bond acceptors (Lipinski definition) is 3. The molecule has 0 aromatic heterocycles. The summed E-state index contributed by atoms with van der Waals surface area (Å²) in [7, 11) is -3.47. The van der Waals surface area contributed by atoms with Gasteiger partial charge in [0.25, 0.3) is 0 Å². The largest absolute Gasteiger partial charge is 0.416 e. The summed E-state index contributed by atoms with van der Waals surface area (Å²) in [5, 5.41) is 2.94. The zero-order chi connectivity index (χ0) is 14.1. The summed E-state index contributed by atoms with van der Waals surface area (Å²) in [6.45, 7) is 1.04. The molecule has 8 heteroatoms. The first-order chi connectivity index (χ1) is 8.81. The third-order valence-corrected chi connectivity index (χ3v) is 4.63. The van der Waals surface area contributed by atoms with Crippen LogP contribution in [0.15, 0.2) is 24.3 Å². The molecule has 1 fully saturated rings. The highest BCUT2D eigenvalue weighted by molar-refractivity contribution is 7.92. The summed E-state index contributed by atoms with van der Waals surface area (Å²) in [4.78, 5) is 0. The molecule has 19 heavy (non-hydrogen) atoms. The number of nitrogens with one attached hydrogen (secondary N) is 1. The summed E-state index contributed by atoms with van der Waals surface area (Å²) in [6.07, 6.45) is -4.42. The van der Waals surface area contributed by atoms with Crippen molar-refractivity contribution in [3.63, 3.8) is 0 Å². The second kappa shape index (κ2) is 5.01. The molecule has 0 aliphatic carbocycles. The van der Waals surface area contributed by atoms with Gasteiger partial charge in [-0.05, 0) is 24.3 Å². The number of hydrogen-bond donors (Lipinski definition) is 1. The molecule has 1 aliphatic rings. The lowest BCUT2D eigenvalue weighted by Gasteiger charge is -2.22. The van der Waals surface area contributed by atoms with Crippen molar-refractivity contribution in [3.05, 3.63) is 29.8 Å². The van der Waals surface area contributed by atoms with E-state index in [9.17, 15) is 21.6 Å². The maximum atomic E-state index is 12.4. The van der Waals surface area contributed by atoms with Crippen LogP contribution >= 0.6 is 0 Å². The molecule has 4 nitrogen and oxygen atoms in total. The normalized spacial score (nSPS) is 20.1. The Morgan fingerprint density at radius 1 is 1.11 bits per heavy atom. The van der Waals surface area contributed by atoms with Gasteiger partial charge in [0.15, 0.2) is 0 Å². The molecule has 1 aromatic carbocycles. The average molecular weight is 294 g/mol. The van der Waals surface area contributed by atoms with Crippen LogP contribution in [0.1, 0.15) is 5.56 Å². The molecule has 1 aliphatic heterocycles. The van der Waals surface area contributed by atoms with Gasteiger partial charge < -0.3 is 5.32 Å². The highest BCUT2D eigenvalue weighted by atomic mass is 32.2. The maximum Gasteiger partial charge on any atom is 0.416 e. The van der Waals surface area contributed by atoms with Gasteiger partial charge in [-0.15, -0.1) is 0 Å². The standard InChI is InChI=1S/C11H13F3N2O2S/c12-11(13,14)9-1-3-10(4-2-9)16-7-5-15-6-8-19(16,17)18/h1-4,15H,5-8H2. The van der Waals surface area contributed by atoms with Crippen LogP contribution in [0, 0.1) is 0 Å². The van der Waals surface area contributed by atoms with Crippen LogP contribution in [0.5, 0.6) is 0 Å². The number of sulfonamides is 1. The van der Waals surface area contributed by atoms with Crippen LogP contribution in [-0.4, -0.2) is 33.8 Å². The highest BCUT2D eigenvalue weighted by Gasteiger charge is 2.31. The maximum absolute atomic E-state index is 12.4. The van der Waals surface area contributed by atoms with E-state index in [1.165, 1.54) is 12.1 Å². The predicted molar refractivity (Wildman–Crippen MR) is 65.4 cm³/mol. The molecular formula is C11H13F3N2O2S. The van der Waals surface area contributed by atoms with Gasteiger partial charge in [-0.1, -0.05) is 0 Å². The van der Waals surface area contributed by atoms with Crippen LogP contribution in [0.4, 0.5) is 18.9 Å². The molecule has 0 amide bonds. The summed E-state index contributed by atoms with van der Waals surface area (Å²) >= 11 is 0. The summed E-state index contributed by atoms with van der Waals surface area (Å²) in [6, 6.07) is 4.16. The molecule has 0 spiro atoms. The Morgan fingerprint density at radius 3 is 2.32 bits per heavy atom. The number of rotatable bonds is 1. The van der Waals surface area contributed by atoms with Gasteiger partial charge in [0.05, 0.1) is 17.0 Å². The first kappa shape index (κ1) is 14.1. The van der Waals surface area contributed by atoms with E-state index in [1.54, 1.807) is 0 Å². The summed E-state index contributed by atoms with van der Waals surface area (Å²) in [5.41, 5.74) is -0.529. The van der Waals surface area contributed by atoms with Crippen LogP contribution in [-0.2, 0) is 16.2 Å². The lowest BCUT2D eigenvalue weighted by molar-refractivity contribution is -0.137. The minimum atomic E-state index is -4.42. The third-order valence-electron chi connectivity index (χ3n) is 2.85. The number of anilines is 1. The first-order valence-electron chi connectivity index (χ1n) is 5.69. The van der Waals surface area contributed by atoms with E-state index in [4.69, 9.17) is 0 Å². The fraction of sp³-hybridized carbons (Fsp3) is 0.455. The van der Waals surface area contributed by atoms with Gasteiger partial charge in [0.2, 0.25) is 10.0 Å². The zero-order valence-corrected chi connectivity index (χ0v) is 10.8. The average Bonchev–Trinajstić information content (AvgIpc) is 2.49. The van der Waals surface area contributed by atoms with Crippen molar-refractivity contribution in [1.29, 1.82) is 0 Å². The van der Waals surface area contributed by atoms with Crippen LogP contribution in [0.3, 0.4) is 0 Å². The van der Waals surface area contributed by atoms with Crippen LogP contribution in [0.2, 0.25) is 0 Å². The molecule has 1 heterocycles. The molecule has 0 radical (unpaired) electrons.